The van der Waals surface area contributed by atoms with Gasteiger partial charge in [-0.25, -0.2) is 0 Å². The second-order valence-electron chi connectivity index (χ2n) is 2.75. The minimum absolute atomic E-state index is 0. The first-order valence-electron chi connectivity index (χ1n) is 3.89. The molecule has 1 aromatic rings. The Labute approximate surface area is 96.9 Å². The molecule has 1 heterocycles. The highest BCUT2D eigenvalue weighted by molar-refractivity contribution is 5.85. The fourth-order valence-electron chi connectivity index (χ4n) is 1.28. The number of aryl methyl sites for hydroxylation is 1. The zero-order valence-corrected chi connectivity index (χ0v) is 10.2. The van der Waals surface area contributed by atoms with Gasteiger partial charge in [-0.05, 0) is 13.8 Å². The van der Waals surface area contributed by atoms with Gasteiger partial charge in [0.1, 0.15) is 5.75 Å². The zero-order valence-electron chi connectivity index (χ0n) is 8.53. The van der Waals surface area contributed by atoms with Crippen LogP contribution in [0.25, 0.3) is 0 Å². The molecule has 2 N–H and O–H groups in total. The highest BCUT2D eigenvalue weighted by Crippen LogP contribution is 2.23. The van der Waals surface area contributed by atoms with Crippen molar-refractivity contribution >= 4 is 24.8 Å². The summed E-state index contributed by atoms with van der Waals surface area (Å²) in [6.45, 7) is 4.41. The summed E-state index contributed by atoms with van der Waals surface area (Å²) in [6, 6.07) is 0. The lowest BCUT2D eigenvalue weighted by atomic mass is 10.1. The molecule has 1 aromatic heterocycles. The summed E-state index contributed by atoms with van der Waals surface area (Å²) in [5.74, 6) is 0.894. The van der Waals surface area contributed by atoms with E-state index in [4.69, 9.17) is 10.5 Å². The smallest absolute Gasteiger partial charge is 0.128 e. The second-order valence-corrected chi connectivity index (χ2v) is 2.75. The molecule has 1 rings (SSSR count). The van der Waals surface area contributed by atoms with E-state index in [1.807, 2.05) is 13.8 Å². The largest absolute Gasteiger partial charge is 0.496 e. The number of hydrogen-bond donors (Lipinski definition) is 1. The van der Waals surface area contributed by atoms with Gasteiger partial charge in [-0.15, -0.1) is 24.8 Å². The van der Waals surface area contributed by atoms with Gasteiger partial charge in [0.25, 0.3) is 0 Å². The number of nitrogens with two attached hydrogens (primary N) is 1. The Hall–Kier alpha value is -0.510. The van der Waals surface area contributed by atoms with Gasteiger partial charge in [0.2, 0.25) is 0 Å². The number of rotatable bonds is 2. The number of nitrogens with zero attached hydrogens (tertiary/aromatic N) is 1. The van der Waals surface area contributed by atoms with Crippen LogP contribution in [0.15, 0.2) is 6.20 Å². The first-order valence-corrected chi connectivity index (χ1v) is 3.89. The van der Waals surface area contributed by atoms with Crippen LogP contribution in [0, 0.1) is 13.8 Å². The monoisotopic (exact) mass is 238 g/mol. The quantitative estimate of drug-likeness (QED) is 0.858. The first kappa shape index (κ1) is 15.9. The maximum absolute atomic E-state index is 5.51. The predicted octanol–water partition coefficient (Wildman–Crippen LogP) is 2.01. The van der Waals surface area contributed by atoms with E-state index >= 15 is 0 Å². The average molecular weight is 239 g/mol. The van der Waals surface area contributed by atoms with Crippen LogP contribution in [0.2, 0.25) is 0 Å². The van der Waals surface area contributed by atoms with Crippen molar-refractivity contribution in [2.24, 2.45) is 5.73 Å². The van der Waals surface area contributed by atoms with Crippen LogP contribution < -0.4 is 10.5 Å². The molecule has 0 spiro atoms. The third-order valence-electron chi connectivity index (χ3n) is 1.94. The van der Waals surface area contributed by atoms with E-state index in [1.54, 1.807) is 13.3 Å². The number of halogens is 2. The number of methoxy groups -OCH3 is 1. The van der Waals surface area contributed by atoms with Gasteiger partial charge in [-0.1, -0.05) is 0 Å². The van der Waals surface area contributed by atoms with Gasteiger partial charge < -0.3 is 10.5 Å². The molecule has 0 saturated heterocycles. The van der Waals surface area contributed by atoms with Crippen molar-refractivity contribution in [3.05, 3.63) is 23.0 Å². The third-order valence-corrected chi connectivity index (χ3v) is 1.94. The molecule has 3 nitrogen and oxygen atoms in total. The first-order chi connectivity index (χ1) is 5.70. The lowest BCUT2D eigenvalue weighted by Gasteiger charge is -2.10. The number of ether oxygens (including phenoxy) is 1. The molecule has 14 heavy (non-hydrogen) atoms. The van der Waals surface area contributed by atoms with Crippen LogP contribution >= 0.6 is 24.8 Å². The summed E-state index contributed by atoms with van der Waals surface area (Å²) in [6.07, 6.45) is 1.79. The predicted molar refractivity (Wildman–Crippen MR) is 62.7 cm³/mol. The van der Waals surface area contributed by atoms with E-state index in [0.717, 1.165) is 22.6 Å². The van der Waals surface area contributed by atoms with E-state index < -0.39 is 0 Å². The minimum Gasteiger partial charge on any atom is -0.496 e. The van der Waals surface area contributed by atoms with E-state index in [-0.39, 0.29) is 24.8 Å². The maximum Gasteiger partial charge on any atom is 0.128 e. The van der Waals surface area contributed by atoms with Gasteiger partial charge in [0, 0.05) is 23.9 Å². The summed E-state index contributed by atoms with van der Waals surface area (Å²) in [4.78, 5) is 4.20. The number of pyridine rings is 1. The molecular formula is C9H16Cl2N2O. The summed E-state index contributed by atoms with van der Waals surface area (Å²) in [5.41, 5.74) is 8.50. The normalized spacial score (nSPS) is 8.57. The molecule has 5 heteroatoms. The van der Waals surface area contributed by atoms with Gasteiger partial charge >= 0.3 is 0 Å². The van der Waals surface area contributed by atoms with Crippen molar-refractivity contribution in [1.29, 1.82) is 0 Å². The van der Waals surface area contributed by atoms with E-state index in [1.165, 1.54) is 0 Å². The Morgan fingerprint density at radius 3 is 2.36 bits per heavy atom. The van der Waals surface area contributed by atoms with Crippen molar-refractivity contribution < 1.29 is 4.74 Å². The average Bonchev–Trinajstić information content (AvgIpc) is 2.06. The molecule has 0 radical (unpaired) electrons. The molecule has 0 saturated carbocycles. The topological polar surface area (TPSA) is 48.1 Å². The molecule has 0 aliphatic carbocycles. The summed E-state index contributed by atoms with van der Waals surface area (Å²) >= 11 is 0. The highest BCUT2D eigenvalue weighted by Gasteiger charge is 2.06. The number of hydrogen-bond acceptors (Lipinski definition) is 3. The molecule has 82 valence electrons. The molecule has 0 bridgehead atoms. The van der Waals surface area contributed by atoms with Gasteiger partial charge in [-0.2, -0.15) is 0 Å². The van der Waals surface area contributed by atoms with Crippen LogP contribution in [-0.4, -0.2) is 12.1 Å². The fourth-order valence-corrected chi connectivity index (χ4v) is 1.28. The van der Waals surface area contributed by atoms with E-state index in [9.17, 15) is 0 Å². The van der Waals surface area contributed by atoms with Crippen LogP contribution in [0.3, 0.4) is 0 Å². The standard InChI is InChI=1S/C9H14N2O.2ClH/c1-6-5-11-8(4-10)7(2)9(6)12-3;;/h5H,4,10H2,1-3H3;2*1H. The Morgan fingerprint density at radius 2 is 1.93 bits per heavy atom. The lowest BCUT2D eigenvalue weighted by molar-refractivity contribution is 0.407. The van der Waals surface area contributed by atoms with Crippen molar-refractivity contribution in [2.45, 2.75) is 20.4 Å². The molecule has 0 amide bonds. The molecule has 0 fully saturated rings. The summed E-state index contributed by atoms with van der Waals surface area (Å²) < 4.78 is 5.22. The molecule has 0 aliphatic heterocycles. The van der Waals surface area contributed by atoms with Crippen LogP contribution in [0.4, 0.5) is 0 Å². The Bertz CT molecular complexity index is 292. The molecule has 0 atom stereocenters. The van der Waals surface area contributed by atoms with E-state index in [0.29, 0.717) is 6.54 Å². The minimum atomic E-state index is 0. The van der Waals surface area contributed by atoms with Crippen molar-refractivity contribution in [3.63, 3.8) is 0 Å². The maximum atomic E-state index is 5.51. The lowest BCUT2D eigenvalue weighted by Crippen LogP contribution is -2.04. The molecule has 0 aromatic carbocycles. The van der Waals surface area contributed by atoms with Gasteiger partial charge in [0.05, 0.1) is 12.8 Å². The van der Waals surface area contributed by atoms with Crippen LogP contribution in [0.1, 0.15) is 16.8 Å². The van der Waals surface area contributed by atoms with Crippen molar-refractivity contribution in [1.82, 2.24) is 4.98 Å². The van der Waals surface area contributed by atoms with E-state index in [2.05, 4.69) is 4.98 Å². The Kier molecular flexibility index (Phi) is 7.82. The van der Waals surface area contributed by atoms with Crippen molar-refractivity contribution in [2.75, 3.05) is 7.11 Å². The highest BCUT2D eigenvalue weighted by atomic mass is 35.5. The van der Waals surface area contributed by atoms with Crippen LogP contribution in [-0.2, 0) is 6.54 Å². The van der Waals surface area contributed by atoms with Crippen molar-refractivity contribution in [3.8, 4) is 5.75 Å². The van der Waals surface area contributed by atoms with Gasteiger partial charge in [-0.3, -0.25) is 4.98 Å². The Morgan fingerprint density at radius 1 is 1.36 bits per heavy atom. The van der Waals surface area contributed by atoms with Gasteiger partial charge in [0.15, 0.2) is 0 Å². The third kappa shape index (κ3) is 3.01. The second kappa shape index (κ2) is 6.87. The fraction of sp³-hybridized carbons (Fsp3) is 0.444. The molecule has 0 aliphatic rings. The number of aromatic nitrogens is 1. The summed E-state index contributed by atoms with van der Waals surface area (Å²) in [7, 11) is 1.66. The summed E-state index contributed by atoms with van der Waals surface area (Å²) in [5, 5.41) is 0. The zero-order chi connectivity index (χ0) is 9.14. The molecule has 0 unspecified atom stereocenters. The molecular weight excluding hydrogens is 223 g/mol. The SMILES string of the molecule is COc1c(C)cnc(CN)c1C.Cl.Cl. The Balaban J connectivity index is 0. The van der Waals surface area contributed by atoms with Crippen LogP contribution in [0.5, 0.6) is 5.75 Å².